The van der Waals surface area contributed by atoms with Gasteiger partial charge in [0.1, 0.15) is 0 Å². The van der Waals surface area contributed by atoms with Gasteiger partial charge in [-0.15, -0.1) is 11.3 Å². The Morgan fingerprint density at radius 3 is 2.50 bits per heavy atom. The number of carboxylic acid groups (broad SMARTS) is 1. The van der Waals surface area contributed by atoms with Crippen LogP contribution in [-0.2, 0) is 4.79 Å². The fraction of sp³-hybridized carbons (Fsp3) is 0. The molecule has 2 aromatic carbocycles. The van der Waals surface area contributed by atoms with Crippen LogP contribution in [0.2, 0.25) is 0 Å². The Kier molecular flexibility index (Phi) is 3.35. The van der Waals surface area contributed by atoms with Crippen LogP contribution in [0.5, 0.6) is 0 Å². The SMILES string of the molecule is O=C(O)/C(=C\c1ccc2ccccc2c1)c1cccs1. The molecule has 20 heavy (non-hydrogen) atoms. The average Bonchev–Trinajstić information content (AvgIpc) is 2.98. The number of carboxylic acids is 1. The molecule has 0 radical (unpaired) electrons. The molecule has 0 bridgehead atoms. The van der Waals surface area contributed by atoms with Gasteiger partial charge in [0.2, 0.25) is 0 Å². The van der Waals surface area contributed by atoms with Gasteiger partial charge < -0.3 is 5.11 Å². The largest absolute Gasteiger partial charge is 0.478 e. The summed E-state index contributed by atoms with van der Waals surface area (Å²) in [5.41, 5.74) is 1.23. The van der Waals surface area contributed by atoms with Crippen molar-refractivity contribution in [3.8, 4) is 0 Å². The van der Waals surface area contributed by atoms with Crippen molar-refractivity contribution in [2.24, 2.45) is 0 Å². The highest BCUT2D eigenvalue weighted by atomic mass is 32.1. The minimum absolute atomic E-state index is 0.329. The highest BCUT2D eigenvalue weighted by Gasteiger charge is 2.11. The van der Waals surface area contributed by atoms with E-state index in [1.165, 1.54) is 11.3 Å². The van der Waals surface area contributed by atoms with Crippen molar-refractivity contribution < 1.29 is 9.90 Å². The molecule has 1 N–H and O–H groups in total. The third kappa shape index (κ3) is 2.49. The summed E-state index contributed by atoms with van der Waals surface area (Å²) in [6, 6.07) is 17.7. The van der Waals surface area contributed by atoms with Crippen LogP contribution in [0.25, 0.3) is 22.4 Å². The van der Waals surface area contributed by atoms with Gasteiger partial charge in [-0.05, 0) is 39.9 Å². The maximum absolute atomic E-state index is 11.4. The van der Waals surface area contributed by atoms with E-state index in [0.29, 0.717) is 5.57 Å². The number of carbonyl (C=O) groups is 1. The molecule has 0 aliphatic heterocycles. The summed E-state index contributed by atoms with van der Waals surface area (Å²) < 4.78 is 0. The fourth-order valence-corrected chi connectivity index (χ4v) is 2.87. The van der Waals surface area contributed by atoms with Gasteiger partial charge in [-0.2, -0.15) is 0 Å². The van der Waals surface area contributed by atoms with E-state index < -0.39 is 5.97 Å². The number of hydrogen-bond donors (Lipinski definition) is 1. The molecule has 0 aliphatic carbocycles. The molecule has 0 atom stereocenters. The second-order valence-electron chi connectivity index (χ2n) is 4.45. The zero-order valence-electron chi connectivity index (χ0n) is 10.6. The summed E-state index contributed by atoms with van der Waals surface area (Å²) in [7, 11) is 0. The number of aliphatic carboxylic acids is 1. The van der Waals surface area contributed by atoms with Crippen LogP contribution in [0.4, 0.5) is 0 Å². The van der Waals surface area contributed by atoms with Gasteiger partial charge >= 0.3 is 5.97 Å². The lowest BCUT2D eigenvalue weighted by atomic mass is 10.0. The van der Waals surface area contributed by atoms with Crippen molar-refractivity contribution in [1.82, 2.24) is 0 Å². The maximum atomic E-state index is 11.4. The summed E-state index contributed by atoms with van der Waals surface area (Å²) in [5.74, 6) is -0.902. The summed E-state index contributed by atoms with van der Waals surface area (Å²) >= 11 is 1.43. The van der Waals surface area contributed by atoms with E-state index in [0.717, 1.165) is 21.2 Å². The van der Waals surface area contributed by atoms with Gasteiger partial charge in [-0.1, -0.05) is 42.5 Å². The number of benzene rings is 2. The van der Waals surface area contributed by atoms with Crippen LogP contribution in [0.15, 0.2) is 60.0 Å². The maximum Gasteiger partial charge on any atom is 0.337 e. The highest BCUT2D eigenvalue weighted by molar-refractivity contribution is 7.11. The van der Waals surface area contributed by atoms with Crippen molar-refractivity contribution >= 4 is 39.7 Å². The molecule has 0 unspecified atom stereocenters. The van der Waals surface area contributed by atoms with E-state index in [2.05, 4.69) is 0 Å². The molecule has 3 rings (SSSR count). The van der Waals surface area contributed by atoms with Gasteiger partial charge in [0.25, 0.3) is 0 Å². The lowest BCUT2D eigenvalue weighted by molar-refractivity contribution is -0.130. The second kappa shape index (κ2) is 5.31. The third-order valence-corrected chi connectivity index (χ3v) is 4.00. The molecule has 1 heterocycles. The monoisotopic (exact) mass is 280 g/mol. The van der Waals surface area contributed by atoms with Crippen molar-refractivity contribution in [3.63, 3.8) is 0 Å². The van der Waals surface area contributed by atoms with Crippen LogP contribution < -0.4 is 0 Å². The van der Waals surface area contributed by atoms with Gasteiger partial charge in [0.05, 0.1) is 5.57 Å². The number of fused-ring (bicyclic) bond motifs is 1. The lowest BCUT2D eigenvalue weighted by Gasteiger charge is -2.02. The summed E-state index contributed by atoms with van der Waals surface area (Å²) in [4.78, 5) is 12.2. The molecule has 0 spiro atoms. The van der Waals surface area contributed by atoms with Crippen LogP contribution in [-0.4, -0.2) is 11.1 Å². The van der Waals surface area contributed by atoms with Crippen molar-refractivity contribution in [2.45, 2.75) is 0 Å². The zero-order valence-corrected chi connectivity index (χ0v) is 11.4. The minimum Gasteiger partial charge on any atom is -0.478 e. The van der Waals surface area contributed by atoms with E-state index in [1.54, 1.807) is 6.08 Å². The molecule has 1 aromatic heterocycles. The Morgan fingerprint density at radius 2 is 1.80 bits per heavy atom. The van der Waals surface area contributed by atoms with E-state index in [9.17, 15) is 9.90 Å². The zero-order chi connectivity index (χ0) is 13.9. The van der Waals surface area contributed by atoms with E-state index >= 15 is 0 Å². The standard InChI is InChI=1S/C17H12O2S/c18-17(19)15(16-6-3-9-20-16)11-12-7-8-13-4-1-2-5-14(13)10-12/h1-11H,(H,18,19)/b15-11-. The van der Waals surface area contributed by atoms with Crippen LogP contribution >= 0.6 is 11.3 Å². The van der Waals surface area contributed by atoms with Crippen molar-refractivity contribution in [1.29, 1.82) is 0 Å². The van der Waals surface area contributed by atoms with Gasteiger partial charge in [0, 0.05) is 4.88 Å². The minimum atomic E-state index is -0.902. The van der Waals surface area contributed by atoms with Gasteiger partial charge in [-0.25, -0.2) is 4.79 Å². The molecular formula is C17H12O2S. The Morgan fingerprint density at radius 1 is 1.00 bits per heavy atom. The Labute approximate surface area is 120 Å². The Balaban J connectivity index is 2.09. The molecule has 2 nitrogen and oxygen atoms in total. The van der Waals surface area contributed by atoms with Crippen molar-refractivity contribution in [2.75, 3.05) is 0 Å². The molecule has 3 heteroatoms. The topological polar surface area (TPSA) is 37.3 Å². The van der Waals surface area contributed by atoms with Crippen LogP contribution in [0.1, 0.15) is 10.4 Å². The predicted octanol–water partition coefficient (Wildman–Crippen LogP) is 4.53. The quantitative estimate of drug-likeness (QED) is 0.716. The molecule has 0 aliphatic rings. The van der Waals surface area contributed by atoms with Crippen LogP contribution in [0.3, 0.4) is 0 Å². The van der Waals surface area contributed by atoms with Gasteiger partial charge in [0.15, 0.2) is 0 Å². The first-order chi connectivity index (χ1) is 9.74. The second-order valence-corrected chi connectivity index (χ2v) is 5.39. The molecule has 0 saturated heterocycles. The summed E-state index contributed by atoms with van der Waals surface area (Å²) in [6.07, 6.45) is 1.72. The normalized spacial score (nSPS) is 11.7. The predicted molar refractivity (Wildman–Crippen MR) is 83.8 cm³/mol. The Hall–Kier alpha value is -2.39. The molecular weight excluding hydrogens is 268 g/mol. The average molecular weight is 280 g/mol. The molecule has 98 valence electrons. The van der Waals surface area contributed by atoms with Crippen molar-refractivity contribution in [3.05, 3.63) is 70.4 Å². The Bertz CT molecular complexity index is 786. The third-order valence-electron chi connectivity index (χ3n) is 3.10. The van der Waals surface area contributed by atoms with E-state index in [1.807, 2.05) is 60.0 Å². The summed E-state index contributed by atoms with van der Waals surface area (Å²) in [5, 5.41) is 13.5. The highest BCUT2D eigenvalue weighted by Crippen LogP contribution is 2.24. The lowest BCUT2D eigenvalue weighted by Crippen LogP contribution is -1.97. The summed E-state index contributed by atoms with van der Waals surface area (Å²) in [6.45, 7) is 0. The van der Waals surface area contributed by atoms with E-state index in [4.69, 9.17) is 0 Å². The van der Waals surface area contributed by atoms with E-state index in [-0.39, 0.29) is 0 Å². The number of rotatable bonds is 3. The molecule has 0 fully saturated rings. The first kappa shape index (κ1) is 12.6. The van der Waals surface area contributed by atoms with Crippen LogP contribution in [0, 0.1) is 0 Å². The van der Waals surface area contributed by atoms with Gasteiger partial charge in [-0.3, -0.25) is 0 Å². The molecule has 0 amide bonds. The molecule has 3 aromatic rings. The molecule has 0 saturated carbocycles. The first-order valence-corrected chi connectivity index (χ1v) is 7.10. The first-order valence-electron chi connectivity index (χ1n) is 6.22. The number of thiophene rings is 1. The smallest absolute Gasteiger partial charge is 0.337 e. The number of hydrogen-bond acceptors (Lipinski definition) is 2. The fourth-order valence-electron chi connectivity index (χ4n) is 2.13.